The van der Waals surface area contributed by atoms with Crippen LogP contribution in [0.3, 0.4) is 0 Å². The van der Waals surface area contributed by atoms with Crippen LogP contribution in [0.15, 0.2) is 58.1 Å². The molecule has 2 aromatic rings. The summed E-state index contributed by atoms with van der Waals surface area (Å²) in [6.07, 6.45) is 1.79. The Morgan fingerprint density at radius 1 is 1.17 bits per heavy atom. The Labute approximate surface area is 152 Å². The van der Waals surface area contributed by atoms with E-state index in [-0.39, 0.29) is 5.41 Å². The van der Waals surface area contributed by atoms with E-state index in [2.05, 4.69) is 75.5 Å². The van der Waals surface area contributed by atoms with E-state index in [1.165, 1.54) is 5.56 Å². The van der Waals surface area contributed by atoms with Gasteiger partial charge < -0.3 is 10.6 Å². The van der Waals surface area contributed by atoms with Gasteiger partial charge in [0.25, 0.3) is 0 Å². The molecule has 2 rings (SSSR count). The Hall–Kier alpha value is -1.88. The molecule has 0 atom stereocenters. The van der Waals surface area contributed by atoms with Gasteiger partial charge in [0, 0.05) is 29.2 Å². The van der Waals surface area contributed by atoms with Gasteiger partial charge in [-0.05, 0) is 36.8 Å². The molecule has 0 saturated carbocycles. The lowest BCUT2D eigenvalue weighted by Gasteiger charge is -2.27. The number of hydrogen-bond donors (Lipinski definition) is 2. The molecule has 0 bridgehead atoms. The van der Waals surface area contributed by atoms with Crippen molar-refractivity contribution >= 4 is 21.9 Å². The van der Waals surface area contributed by atoms with E-state index in [1.807, 2.05) is 24.3 Å². The van der Waals surface area contributed by atoms with Gasteiger partial charge in [0.05, 0.1) is 12.2 Å². The summed E-state index contributed by atoms with van der Waals surface area (Å²) in [4.78, 5) is 8.93. The van der Waals surface area contributed by atoms with Crippen molar-refractivity contribution in [1.82, 2.24) is 15.6 Å². The van der Waals surface area contributed by atoms with E-state index in [0.717, 1.165) is 29.2 Å². The Morgan fingerprint density at radius 2 is 2.00 bits per heavy atom. The fourth-order valence-corrected chi connectivity index (χ4v) is 2.71. The molecule has 0 fully saturated rings. The van der Waals surface area contributed by atoms with Crippen LogP contribution in [0.1, 0.15) is 32.0 Å². The third-order valence-corrected chi connectivity index (χ3v) is 4.27. The molecular formula is C19H25BrN4. The second-order valence-electron chi connectivity index (χ2n) is 6.26. The first kappa shape index (κ1) is 18.5. The summed E-state index contributed by atoms with van der Waals surface area (Å²) >= 11 is 3.55. The predicted molar refractivity (Wildman–Crippen MR) is 104 cm³/mol. The monoisotopic (exact) mass is 388 g/mol. The molecule has 4 nitrogen and oxygen atoms in total. The molecular weight excluding hydrogens is 364 g/mol. The largest absolute Gasteiger partial charge is 0.357 e. The lowest BCUT2D eigenvalue weighted by atomic mass is 9.85. The molecule has 0 spiro atoms. The van der Waals surface area contributed by atoms with E-state index in [4.69, 9.17) is 0 Å². The third kappa shape index (κ3) is 5.64. The van der Waals surface area contributed by atoms with Crippen LogP contribution >= 0.6 is 15.9 Å². The summed E-state index contributed by atoms with van der Waals surface area (Å²) in [6, 6.07) is 14.3. The van der Waals surface area contributed by atoms with Crippen molar-refractivity contribution in [3.8, 4) is 0 Å². The fraction of sp³-hybridized carbons (Fsp3) is 0.368. The van der Waals surface area contributed by atoms with Crippen LogP contribution < -0.4 is 10.6 Å². The Balaban J connectivity index is 2.02. The van der Waals surface area contributed by atoms with Crippen molar-refractivity contribution in [2.24, 2.45) is 4.99 Å². The first-order chi connectivity index (χ1) is 11.5. The van der Waals surface area contributed by atoms with Crippen LogP contribution in [0.4, 0.5) is 0 Å². The van der Waals surface area contributed by atoms with Crippen molar-refractivity contribution < 1.29 is 0 Å². The van der Waals surface area contributed by atoms with E-state index in [1.54, 1.807) is 6.20 Å². The van der Waals surface area contributed by atoms with Crippen LogP contribution in [0.25, 0.3) is 0 Å². The minimum Gasteiger partial charge on any atom is -0.357 e. The number of nitrogens with one attached hydrogen (secondary N) is 2. The van der Waals surface area contributed by atoms with Crippen LogP contribution in [0.5, 0.6) is 0 Å². The smallest absolute Gasteiger partial charge is 0.191 e. The van der Waals surface area contributed by atoms with Crippen LogP contribution in [0.2, 0.25) is 0 Å². The third-order valence-electron chi connectivity index (χ3n) is 3.77. The highest BCUT2D eigenvalue weighted by atomic mass is 79.9. The molecule has 1 heterocycles. The van der Waals surface area contributed by atoms with Crippen LogP contribution in [0, 0.1) is 0 Å². The van der Waals surface area contributed by atoms with Gasteiger partial charge in [-0.3, -0.25) is 4.98 Å². The van der Waals surface area contributed by atoms with Crippen molar-refractivity contribution in [1.29, 1.82) is 0 Å². The van der Waals surface area contributed by atoms with Gasteiger partial charge in [0.2, 0.25) is 0 Å². The number of nitrogens with zero attached hydrogens (tertiary/aromatic N) is 2. The van der Waals surface area contributed by atoms with Gasteiger partial charge >= 0.3 is 0 Å². The topological polar surface area (TPSA) is 49.3 Å². The highest BCUT2D eigenvalue weighted by Crippen LogP contribution is 2.25. The van der Waals surface area contributed by atoms with Crippen LogP contribution in [-0.2, 0) is 12.0 Å². The molecule has 0 aliphatic carbocycles. The first-order valence-corrected chi connectivity index (χ1v) is 8.98. The van der Waals surface area contributed by atoms with Crippen molar-refractivity contribution in [2.75, 3.05) is 13.1 Å². The highest BCUT2D eigenvalue weighted by Gasteiger charge is 2.21. The number of rotatable bonds is 6. The molecule has 0 amide bonds. The number of pyridine rings is 1. The minimum absolute atomic E-state index is 0.00896. The average molecular weight is 389 g/mol. The Morgan fingerprint density at radius 3 is 2.67 bits per heavy atom. The van der Waals surface area contributed by atoms with Gasteiger partial charge in [-0.15, -0.1) is 0 Å². The molecule has 1 aromatic carbocycles. The minimum atomic E-state index is -0.00896. The maximum absolute atomic E-state index is 4.62. The number of aliphatic imine (C=N–C) groups is 1. The van der Waals surface area contributed by atoms with E-state index in [0.29, 0.717) is 6.54 Å². The number of aromatic nitrogens is 1. The van der Waals surface area contributed by atoms with Gasteiger partial charge in [-0.2, -0.15) is 0 Å². The van der Waals surface area contributed by atoms with E-state index >= 15 is 0 Å². The zero-order valence-corrected chi connectivity index (χ0v) is 16.1. The normalized spacial score (nSPS) is 12.1. The van der Waals surface area contributed by atoms with Gasteiger partial charge in [0.15, 0.2) is 5.96 Å². The van der Waals surface area contributed by atoms with Gasteiger partial charge in [-0.25, -0.2) is 4.99 Å². The summed E-state index contributed by atoms with van der Waals surface area (Å²) < 4.78 is 1.10. The fourth-order valence-electron chi connectivity index (χ4n) is 2.31. The summed E-state index contributed by atoms with van der Waals surface area (Å²) in [5, 5.41) is 6.74. The molecule has 0 aliphatic heterocycles. The van der Waals surface area contributed by atoms with Crippen molar-refractivity contribution in [3.05, 3.63) is 64.4 Å². The van der Waals surface area contributed by atoms with Crippen molar-refractivity contribution in [3.63, 3.8) is 0 Å². The number of hydrogen-bond acceptors (Lipinski definition) is 2. The van der Waals surface area contributed by atoms with Crippen LogP contribution in [-0.4, -0.2) is 24.0 Å². The standard InChI is InChI=1S/C19H25BrN4/c1-4-21-18(23-13-17-10-5-6-11-22-17)24-14-19(2,3)15-8-7-9-16(20)12-15/h5-12H,4,13-14H2,1-3H3,(H2,21,23,24). The quantitative estimate of drug-likeness (QED) is 0.583. The summed E-state index contributed by atoms with van der Waals surface area (Å²) in [5.74, 6) is 0.811. The molecule has 0 unspecified atom stereocenters. The summed E-state index contributed by atoms with van der Waals surface area (Å²) in [7, 11) is 0. The predicted octanol–water partition coefficient (Wildman–Crippen LogP) is 3.88. The molecule has 0 saturated heterocycles. The number of halogens is 1. The Kier molecular flexibility index (Phi) is 6.79. The number of guanidine groups is 1. The maximum Gasteiger partial charge on any atom is 0.191 e. The lowest BCUT2D eigenvalue weighted by molar-refractivity contribution is 0.508. The molecule has 0 radical (unpaired) electrons. The lowest BCUT2D eigenvalue weighted by Crippen LogP contribution is -2.43. The van der Waals surface area contributed by atoms with Gasteiger partial charge in [-0.1, -0.05) is 48.0 Å². The van der Waals surface area contributed by atoms with Crippen molar-refractivity contribution in [2.45, 2.75) is 32.7 Å². The SMILES string of the molecule is CCNC(=NCc1ccccn1)NCC(C)(C)c1cccc(Br)c1. The average Bonchev–Trinajstić information content (AvgIpc) is 2.58. The second kappa shape index (κ2) is 8.83. The zero-order chi connectivity index (χ0) is 17.4. The molecule has 0 aliphatic rings. The summed E-state index contributed by atoms with van der Waals surface area (Å²) in [5.41, 5.74) is 2.23. The van der Waals surface area contributed by atoms with E-state index in [9.17, 15) is 0 Å². The second-order valence-corrected chi connectivity index (χ2v) is 7.18. The first-order valence-electron chi connectivity index (χ1n) is 8.19. The molecule has 2 N–H and O–H groups in total. The van der Waals surface area contributed by atoms with E-state index < -0.39 is 0 Å². The molecule has 128 valence electrons. The highest BCUT2D eigenvalue weighted by molar-refractivity contribution is 9.10. The summed E-state index contributed by atoms with van der Waals surface area (Å²) in [6.45, 7) is 8.70. The maximum atomic E-state index is 4.62. The molecule has 1 aromatic heterocycles. The number of benzene rings is 1. The Bertz CT molecular complexity index is 668. The molecule has 24 heavy (non-hydrogen) atoms. The molecule has 5 heteroatoms. The zero-order valence-electron chi connectivity index (χ0n) is 14.5. The van der Waals surface area contributed by atoms with Gasteiger partial charge in [0.1, 0.15) is 0 Å².